The number of hydrazine groups is 1. The maximum Gasteiger partial charge on any atom is 0.162 e. The second-order valence-electron chi connectivity index (χ2n) is 3.31. The summed E-state index contributed by atoms with van der Waals surface area (Å²) in [5.74, 6) is 6.44. The number of aliphatic hydroxyl groups is 1. The molecule has 0 saturated carbocycles. The lowest BCUT2D eigenvalue weighted by molar-refractivity contribution is 0.200. The molecular weight excluding hydrogens is 194 g/mol. The molecule has 0 amide bonds. The predicted octanol–water partition coefficient (Wildman–Crippen LogP) is -0.0307. The van der Waals surface area contributed by atoms with Crippen LogP contribution in [0.15, 0.2) is 12.1 Å². The molecule has 1 unspecified atom stereocenters. The first-order valence-corrected chi connectivity index (χ1v) is 4.90. The average molecular weight is 211 g/mol. The fourth-order valence-electron chi connectivity index (χ4n) is 1.27. The van der Waals surface area contributed by atoms with Crippen molar-refractivity contribution in [2.75, 3.05) is 23.4 Å². The summed E-state index contributed by atoms with van der Waals surface area (Å²) in [7, 11) is 0. The van der Waals surface area contributed by atoms with Crippen molar-refractivity contribution in [2.24, 2.45) is 5.84 Å². The summed E-state index contributed by atoms with van der Waals surface area (Å²) in [6.45, 7) is 5.06. The van der Waals surface area contributed by atoms with Gasteiger partial charge in [-0.15, -0.1) is 10.2 Å². The molecule has 0 radical (unpaired) electrons. The summed E-state index contributed by atoms with van der Waals surface area (Å²) < 4.78 is 0. The number of nitrogens with zero attached hydrogens (tertiary/aromatic N) is 3. The lowest BCUT2D eigenvalue weighted by Gasteiger charge is -2.22. The standard InChI is InChI=1S/C9H17N5O/c1-3-14(6-7(2)15)9-5-4-8(11-10)12-13-9/h4-5,7,15H,3,6,10H2,1-2H3,(H,11,12). The first-order valence-electron chi connectivity index (χ1n) is 4.90. The van der Waals surface area contributed by atoms with Crippen LogP contribution >= 0.6 is 0 Å². The molecule has 0 saturated heterocycles. The van der Waals surface area contributed by atoms with Crippen molar-refractivity contribution in [3.8, 4) is 0 Å². The van der Waals surface area contributed by atoms with Gasteiger partial charge in [0.1, 0.15) is 0 Å². The van der Waals surface area contributed by atoms with Crippen molar-refractivity contribution in [1.29, 1.82) is 0 Å². The minimum absolute atomic E-state index is 0.390. The van der Waals surface area contributed by atoms with E-state index in [0.717, 1.165) is 12.4 Å². The van der Waals surface area contributed by atoms with E-state index in [9.17, 15) is 5.11 Å². The zero-order chi connectivity index (χ0) is 11.3. The van der Waals surface area contributed by atoms with E-state index < -0.39 is 0 Å². The Morgan fingerprint density at radius 2 is 2.27 bits per heavy atom. The number of hydrogen-bond acceptors (Lipinski definition) is 6. The van der Waals surface area contributed by atoms with Crippen molar-refractivity contribution in [3.63, 3.8) is 0 Å². The molecule has 6 heteroatoms. The van der Waals surface area contributed by atoms with Gasteiger partial charge in [0.2, 0.25) is 0 Å². The van der Waals surface area contributed by atoms with Gasteiger partial charge in [0.15, 0.2) is 11.6 Å². The number of anilines is 2. The molecule has 6 nitrogen and oxygen atoms in total. The van der Waals surface area contributed by atoms with Gasteiger partial charge >= 0.3 is 0 Å². The Morgan fingerprint density at radius 1 is 1.53 bits per heavy atom. The minimum Gasteiger partial charge on any atom is -0.392 e. The Kier molecular flexibility index (Phi) is 4.26. The normalized spacial score (nSPS) is 12.3. The van der Waals surface area contributed by atoms with Crippen LogP contribution in [0.5, 0.6) is 0 Å². The highest BCUT2D eigenvalue weighted by atomic mass is 16.3. The van der Waals surface area contributed by atoms with E-state index in [-0.39, 0.29) is 6.10 Å². The van der Waals surface area contributed by atoms with Crippen molar-refractivity contribution in [3.05, 3.63) is 12.1 Å². The summed E-state index contributed by atoms with van der Waals surface area (Å²) in [6.07, 6.45) is -0.390. The smallest absolute Gasteiger partial charge is 0.162 e. The third kappa shape index (κ3) is 3.34. The molecule has 4 N–H and O–H groups in total. The summed E-state index contributed by atoms with van der Waals surface area (Å²) in [5, 5.41) is 17.2. The van der Waals surface area contributed by atoms with Crippen LogP contribution in [0.1, 0.15) is 13.8 Å². The van der Waals surface area contributed by atoms with Gasteiger partial charge in [0.25, 0.3) is 0 Å². The molecule has 0 aliphatic heterocycles. The predicted molar refractivity (Wildman–Crippen MR) is 59.4 cm³/mol. The van der Waals surface area contributed by atoms with Crippen LogP contribution in [-0.2, 0) is 0 Å². The zero-order valence-electron chi connectivity index (χ0n) is 9.01. The summed E-state index contributed by atoms with van der Waals surface area (Å²) >= 11 is 0. The Bertz CT molecular complexity index is 287. The SMILES string of the molecule is CCN(CC(C)O)c1ccc(NN)nn1. The highest BCUT2D eigenvalue weighted by Crippen LogP contribution is 2.11. The van der Waals surface area contributed by atoms with Gasteiger partial charge in [-0.2, -0.15) is 0 Å². The van der Waals surface area contributed by atoms with Crippen LogP contribution in [0.3, 0.4) is 0 Å². The van der Waals surface area contributed by atoms with E-state index in [0.29, 0.717) is 12.4 Å². The number of likely N-dealkylation sites (N-methyl/N-ethyl adjacent to an activating group) is 1. The molecule has 0 aliphatic rings. The van der Waals surface area contributed by atoms with E-state index in [1.807, 2.05) is 17.9 Å². The Hall–Kier alpha value is -1.40. The Morgan fingerprint density at radius 3 is 2.67 bits per heavy atom. The third-order valence-electron chi connectivity index (χ3n) is 1.99. The fourth-order valence-corrected chi connectivity index (χ4v) is 1.27. The number of hydrogen-bond donors (Lipinski definition) is 3. The molecule has 1 rings (SSSR count). The molecule has 0 spiro atoms. The first-order chi connectivity index (χ1) is 7.17. The van der Waals surface area contributed by atoms with Crippen molar-refractivity contribution in [1.82, 2.24) is 10.2 Å². The maximum atomic E-state index is 9.29. The van der Waals surface area contributed by atoms with Gasteiger partial charge in [0, 0.05) is 13.1 Å². The molecule has 1 aromatic heterocycles. The monoisotopic (exact) mass is 211 g/mol. The summed E-state index contributed by atoms with van der Waals surface area (Å²) in [5.41, 5.74) is 2.41. The van der Waals surface area contributed by atoms with Crippen LogP contribution < -0.4 is 16.2 Å². The number of nitrogens with two attached hydrogens (primary N) is 1. The number of aromatic nitrogens is 2. The van der Waals surface area contributed by atoms with Crippen LogP contribution in [0, 0.1) is 0 Å². The number of aliphatic hydroxyl groups excluding tert-OH is 1. The fraction of sp³-hybridized carbons (Fsp3) is 0.556. The molecule has 0 fully saturated rings. The van der Waals surface area contributed by atoms with E-state index >= 15 is 0 Å². The molecule has 0 aromatic carbocycles. The average Bonchev–Trinajstić information content (AvgIpc) is 2.26. The molecule has 1 heterocycles. The van der Waals surface area contributed by atoms with Gasteiger partial charge in [-0.1, -0.05) is 0 Å². The minimum atomic E-state index is -0.390. The quantitative estimate of drug-likeness (QED) is 0.468. The molecule has 0 bridgehead atoms. The second kappa shape index (κ2) is 5.47. The topological polar surface area (TPSA) is 87.3 Å². The van der Waals surface area contributed by atoms with Crippen LogP contribution in [0.4, 0.5) is 11.6 Å². The van der Waals surface area contributed by atoms with E-state index in [1.54, 1.807) is 13.0 Å². The third-order valence-corrected chi connectivity index (χ3v) is 1.99. The number of nitrogen functional groups attached to an aromatic ring is 1. The van der Waals surface area contributed by atoms with Crippen molar-refractivity contribution >= 4 is 11.6 Å². The lowest BCUT2D eigenvalue weighted by atomic mass is 10.3. The molecular formula is C9H17N5O. The van der Waals surface area contributed by atoms with Gasteiger partial charge in [0.05, 0.1) is 6.10 Å². The van der Waals surface area contributed by atoms with E-state index in [1.165, 1.54) is 0 Å². The molecule has 0 aliphatic carbocycles. The molecule has 84 valence electrons. The van der Waals surface area contributed by atoms with E-state index in [2.05, 4.69) is 15.6 Å². The second-order valence-corrected chi connectivity index (χ2v) is 3.31. The van der Waals surface area contributed by atoms with Crippen LogP contribution in [0.2, 0.25) is 0 Å². The van der Waals surface area contributed by atoms with Gasteiger partial charge < -0.3 is 15.4 Å². The molecule has 1 atom stereocenters. The summed E-state index contributed by atoms with van der Waals surface area (Å²) in [4.78, 5) is 1.94. The highest BCUT2D eigenvalue weighted by Gasteiger charge is 2.08. The Labute approximate surface area is 89.1 Å². The molecule has 15 heavy (non-hydrogen) atoms. The van der Waals surface area contributed by atoms with Gasteiger partial charge in [-0.3, -0.25) is 0 Å². The van der Waals surface area contributed by atoms with Gasteiger partial charge in [-0.25, -0.2) is 5.84 Å². The summed E-state index contributed by atoms with van der Waals surface area (Å²) in [6, 6.07) is 3.56. The Balaban J connectivity index is 2.74. The first kappa shape index (κ1) is 11.7. The zero-order valence-corrected chi connectivity index (χ0v) is 9.01. The van der Waals surface area contributed by atoms with Crippen LogP contribution in [-0.4, -0.2) is 34.5 Å². The van der Waals surface area contributed by atoms with Crippen LogP contribution in [0.25, 0.3) is 0 Å². The van der Waals surface area contributed by atoms with Crippen molar-refractivity contribution in [2.45, 2.75) is 20.0 Å². The molecule has 1 aromatic rings. The maximum absolute atomic E-state index is 9.29. The number of rotatable bonds is 5. The number of nitrogens with one attached hydrogen (secondary N) is 1. The largest absolute Gasteiger partial charge is 0.392 e. The van der Waals surface area contributed by atoms with E-state index in [4.69, 9.17) is 5.84 Å². The lowest BCUT2D eigenvalue weighted by Crippen LogP contribution is -2.31. The van der Waals surface area contributed by atoms with Crippen molar-refractivity contribution < 1.29 is 5.11 Å². The highest BCUT2D eigenvalue weighted by molar-refractivity contribution is 5.42. The van der Waals surface area contributed by atoms with Gasteiger partial charge in [-0.05, 0) is 26.0 Å².